The molecule has 2 heterocycles. The van der Waals surface area contributed by atoms with Gasteiger partial charge in [0, 0.05) is 13.1 Å². The zero-order valence-corrected chi connectivity index (χ0v) is 13.3. The van der Waals surface area contributed by atoms with E-state index in [9.17, 15) is 14.0 Å². The lowest BCUT2D eigenvalue weighted by molar-refractivity contribution is 0.0589. The maximum absolute atomic E-state index is 13.3. The smallest absolute Gasteiger partial charge is 0.414 e. The van der Waals surface area contributed by atoms with Crippen LogP contribution in [0.1, 0.15) is 31.3 Å². The van der Waals surface area contributed by atoms with Crippen molar-refractivity contribution >= 4 is 18.1 Å². The molecule has 0 aliphatic rings. The fraction of sp³-hybridized carbons (Fsp3) is 0.333. The summed E-state index contributed by atoms with van der Waals surface area (Å²) in [5.41, 5.74) is -0.0621. The largest absolute Gasteiger partial charge is 0.443 e. The molecule has 23 heavy (non-hydrogen) atoms. The Morgan fingerprint density at radius 2 is 2.09 bits per heavy atom. The van der Waals surface area contributed by atoms with Crippen LogP contribution in [0, 0.1) is 5.82 Å². The van der Waals surface area contributed by atoms with Crippen LogP contribution in [0.2, 0.25) is 0 Å². The van der Waals surface area contributed by atoms with E-state index in [4.69, 9.17) is 4.74 Å². The van der Waals surface area contributed by atoms with Gasteiger partial charge in [-0.15, -0.1) is 0 Å². The first-order valence-corrected chi connectivity index (χ1v) is 6.84. The molecule has 122 valence electrons. The van der Waals surface area contributed by atoms with Crippen LogP contribution < -0.4 is 4.90 Å². The minimum atomic E-state index is -0.671. The van der Waals surface area contributed by atoms with Crippen molar-refractivity contribution in [2.24, 2.45) is 0 Å². The van der Waals surface area contributed by atoms with Gasteiger partial charge in [-0.2, -0.15) is 5.10 Å². The molecule has 2 aromatic rings. The number of aldehydes is 1. The minimum absolute atomic E-state index is 0.0302. The van der Waals surface area contributed by atoms with Gasteiger partial charge >= 0.3 is 6.09 Å². The first-order valence-electron chi connectivity index (χ1n) is 6.84. The number of anilines is 1. The Hall–Kier alpha value is -2.77. The SMILES string of the molecule is CN(C(=O)OC(C)(C)C)c1cn(-c2cncc(F)c2)nc1C=O. The van der Waals surface area contributed by atoms with Gasteiger partial charge < -0.3 is 4.74 Å². The molecule has 0 aliphatic carbocycles. The van der Waals surface area contributed by atoms with Gasteiger partial charge in [-0.3, -0.25) is 14.7 Å². The molecule has 8 heteroatoms. The van der Waals surface area contributed by atoms with E-state index in [1.807, 2.05) is 0 Å². The van der Waals surface area contributed by atoms with Crippen molar-refractivity contribution in [2.75, 3.05) is 11.9 Å². The zero-order chi connectivity index (χ0) is 17.2. The number of aromatic nitrogens is 3. The maximum Gasteiger partial charge on any atom is 0.414 e. The molecule has 0 radical (unpaired) electrons. The van der Waals surface area contributed by atoms with E-state index in [1.165, 1.54) is 35.1 Å². The summed E-state index contributed by atoms with van der Waals surface area (Å²) >= 11 is 0. The average Bonchev–Trinajstić information content (AvgIpc) is 2.88. The van der Waals surface area contributed by atoms with Crippen LogP contribution in [-0.4, -0.2) is 39.8 Å². The predicted molar refractivity (Wildman–Crippen MR) is 81.3 cm³/mol. The quantitative estimate of drug-likeness (QED) is 0.812. The number of nitrogens with zero attached hydrogens (tertiary/aromatic N) is 4. The van der Waals surface area contributed by atoms with Gasteiger partial charge in [0.15, 0.2) is 6.29 Å². The monoisotopic (exact) mass is 320 g/mol. The van der Waals surface area contributed by atoms with E-state index < -0.39 is 17.5 Å². The number of hydrogen-bond donors (Lipinski definition) is 0. The Kier molecular flexibility index (Phi) is 4.44. The third-order valence-electron chi connectivity index (χ3n) is 2.82. The topological polar surface area (TPSA) is 77.3 Å². The Morgan fingerprint density at radius 1 is 1.39 bits per heavy atom. The molecule has 0 atom stereocenters. The molecule has 2 aromatic heterocycles. The second-order valence-corrected chi connectivity index (χ2v) is 5.86. The van der Waals surface area contributed by atoms with Crippen LogP contribution in [-0.2, 0) is 4.74 Å². The van der Waals surface area contributed by atoms with Crippen molar-refractivity contribution < 1.29 is 18.7 Å². The molecule has 0 fully saturated rings. The first kappa shape index (κ1) is 16.6. The minimum Gasteiger partial charge on any atom is -0.443 e. The highest BCUT2D eigenvalue weighted by Crippen LogP contribution is 2.21. The summed E-state index contributed by atoms with van der Waals surface area (Å²) in [6.45, 7) is 5.21. The molecule has 2 rings (SSSR count). The van der Waals surface area contributed by atoms with Gasteiger partial charge in [-0.05, 0) is 20.8 Å². The normalized spacial score (nSPS) is 11.2. The molecule has 0 spiro atoms. The summed E-state index contributed by atoms with van der Waals surface area (Å²) in [6, 6.07) is 1.21. The van der Waals surface area contributed by atoms with E-state index >= 15 is 0 Å². The molecule has 0 aromatic carbocycles. The van der Waals surface area contributed by atoms with Crippen molar-refractivity contribution in [1.82, 2.24) is 14.8 Å². The van der Waals surface area contributed by atoms with Crippen molar-refractivity contribution in [3.05, 3.63) is 36.2 Å². The zero-order valence-electron chi connectivity index (χ0n) is 13.3. The maximum atomic E-state index is 13.3. The van der Waals surface area contributed by atoms with Crippen LogP contribution in [0.25, 0.3) is 5.69 Å². The van der Waals surface area contributed by atoms with Crippen LogP contribution in [0.3, 0.4) is 0 Å². The van der Waals surface area contributed by atoms with Gasteiger partial charge in [-0.1, -0.05) is 0 Å². The lowest BCUT2D eigenvalue weighted by Gasteiger charge is -2.24. The lowest BCUT2D eigenvalue weighted by Crippen LogP contribution is -2.34. The number of pyridine rings is 1. The van der Waals surface area contributed by atoms with E-state index in [0.717, 1.165) is 6.20 Å². The fourth-order valence-corrected chi connectivity index (χ4v) is 1.81. The predicted octanol–water partition coefficient (Wildman–Crippen LogP) is 2.59. The molecule has 0 unspecified atom stereocenters. The highest BCUT2D eigenvalue weighted by atomic mass is 19.1. The summed E-state index contributed by atoms with van der Waals surface area (Å²) in [4.78, 5) is 28.2. The molecular weight excluding hydrogens is 303 g/mol. The summed E-state index contributed by atoms with van der Waals surface area (Å²) in [5, 5.41) is 4.03. The highest BCUT2D eigenvalue weighted by molar-refractivity contribution is 5.93. The fourth-order valence-electron chi connectivity index (χ4n) is 1.81. The Bertz CT molecular complexity index is 737. The van der Waals surface area contributed by atoms with E-state index in [2.05, 4.69) is 10.1 Å². The Balaban J connectivity index is 2.36. The number of amides is 1. The third kappa shape index (κ3) is 3.91. The molecule has 7 nitrogen and oxygen atoms in total. The van der Waals surface area contributed by atoms with Crippen LogP contribution >= 0.6 is 0 Å². The number of carbonyl (C=O) groups excluding carboxylic acids is 2. The molecule has 1 amide bonds. The van der Waals surface area contributed by atoms with Gasteiger partial charge in [0.1, 0.15) is 17.1 Å². The Labute approximate surface area is 132 Å². The molecular formula is C15H17FN4O3. The second kappa shape index (κ2) is 6.15. The van der Waals surface area contributed by atoms with Crippen LogP contribution in [0.15, 0.2) is 24.7 Å². The summed E-state index contributed by atoms with van der Waals surface area (Å²) in [5.74, 6) is -0.535. The van der Waals surface area contributed by atoms with Crippen molar-refractivity contribution in [2.45, 2.75) is 26.4 Å². The third-order valence-corrected chi connectivity index (χ3v) is 2.82. The lowest BCUT2D eigenvalue weighted by atomic mass is 10.2. The van der Waals surface area contributed by atoms with E-state index in [-0.39, 0.29) is 11.4 Å². The molecule has 0 saturated heterocycles. The van der Waals surface area contributed by atoms with Crippen LogP contribution in [0.4, 0.5) is 14.9 Å². The number of carbonyl (C=O) groups is 2. The van der Waals surface area contributed by atoms with Gasteiger partial charge in [0.25, 0.3) is 0 Å². The Morgan fingerprint density at radius 3 is 2.65 bits per heavy atom. The summed E-state index contributed by atoms with van der Waals surface area (Å²) in [6.07, 6.45) is 3.77. The van der Waals surface area contributed by atoms with Crippen LogP contribution in [0.5, 0.6) is 0 Å². The first-order chi connectivity index (χ1) is 10.7. The standard InChI is InChI=1S/C15H17FN4O3/c1-15(2,3)23-14(22)19(4)13-8-20(18-12(13)9-21)11-5-10(16)6-17-7-11/h5-9H,1-4H3. The van der Waals surface area contributed by atoms with Crippen molar-refractivity contribution in [3.8, 4) is 5.69 Å². The number of halogens is 1. The summed E-state index contributed by atoms with van der Waals surface area (Å²) < 4.78 is 19.8. The van der Waals surface area contributed by atoms with Gasteiger partial charge in [0.2, 0.25) is 0 Å². The molecule has 0 N–H and O–H groups in total. The number of ether oxygens (including phenoxy) is 1. The van der Waals surface area contributed by atoms with E-state index in [0.29, 0.717) is 12.0 Å². The average molecular weight is 320 g/mol. The molecule has 0 aliphatic heterocycles. The molecule has 0 bridgehead atoms. The van der Waals surface area contributed by atoms with E-state index in [1.54, 1.807) is 20.8 Å². The van der Waals surface area contributed by atoms with Crippen molar-refractivity contribution in [3.63, 3.8) is 0 Å². The van der Waals surface area contributed by atoms with Crippen molar-refractivity contribution in [1.29, 1.82) is 0 Å². The van der Waals surface area contributed by atoms with Gasteiger partial charge in [0.05, 0.1) is 30.0 Å². The highest BCUT2D eigenvalue weighted by Gasteiger charge is 2.24. The number of hydrogen-bond acceptors (Lipinski definition) is 5. The molecule has 0 saturated carbocycles. The summed E-state index contributed by atoms with van der Waals surface area (Å²) in [7, 11) is 1.46. The van der Waals surface area contributed by atoms with Gasteiger partial charge in [-0.25, -0.2) is 13.9 Å². The number of rotatable bonds is 3. The second-order valence-electron chi connectivity index (χ2n) is 5.86.